The van der Waals surface area contributed by atoms with Crippen molar-refractivity contribution in [2.45, 2.75) is 106 Å². The number of benzene rings is 2. The molecule has 4 saturated heterocycles. The number of rotatable bonds is 16. The van der Waals surface area contributed by atoms with Crippen LogP contribution in [0, 0.1) is 5.41 Å². The average Bonchev–Trinajstić information content (AvgIpc) is 3.88. The first-order valence-corrected chi connectivity index (χ1v) is 24.1. The Hall–Kier alpha value is -5.91. The maximum Gasteiger partial charge on any atom is 0.270 e. The molecular weight excluding hydrogens is 855 g/mol. The molecule has 5 amide bonds. The number of nitrogens with zero attached hydrogens (tertiary/aromatic N) is 7. The Labute approximate surface area is 389 Å². The second-order valence-electron chi connectivity index (χ2n) is 19.1. The van der Waals surface area contributed by atoms with E-state index in [4.69, 9.17) is 5.73 Å². The molecular formula is C49H59N11O5S. The smallest absolute Gasteiger partial charge is 0.270 e. The van der Waals surface area contributed by atoms with Crippen molar-refractivity contribution in [3.05, 3.63) is 95.6 Å². The van der Waals surface area contributed by atoms with Gasteiger partial charge in [0.25, 0.3) is 11.8 Å². The molecule has 0 saturated carbocycles. The summed E-state index contributed by atoms with van der Waals surface area (Å²) in [7, 11) is 0. The molecule has 5 N–H and O–H groups in total. The van der Waals surface area contributed by atoms with Gasteiger partial charge in [-0.15, -0.1) is 0 Å². The molecule has 0 radical (unpaired) electrons. The van der Waals surface area contributed by atoms with Crippen LogP contribution in [0.5, 0.6) is 0 Å². The first-order chi connectivity index (χ1) is 31.9. The lowest BCUT2D eigenvalue weighted by Gasteiger charge is -2.48. The lowest BCUT2D eigenvalue weighted by atomic mass is 9.79. The van der Waals surface area contributed by atoms with Gasteiger partial charge in [-0.25, -0.2) is 15.0 Å². The number of carbonyl (C=O) groups is 5. The van der Waals surface area contributed by atoms with E-state index in [1.54, 1.807) is 18.3 Å². The van der Waals surface area contributed by atoms with Gasteiger partial charge in [0.2, 0.25) is 17.7 Å². The van der Waals surface area contributed by atoms with E-state index in [0.29, 0.717) is 29.5 Å². The van der Waals surface area contributed by atoms with Gasteiger partial charge in [-0.2, -0.15) is 0 Å². The third-order valence-electron chi connectivity index (χ3n) is 13.8. The van der Waals surface area contributed by atoms with Gasteiger partial charge in [-0.1, -0.05) is 42.8 Å². The molecule has 1 atom stereocenters. The van der Waals surface area contributed by atoms with Crippen molar-refractivity contribution in [2.24, 2.45) is 11.1 Å². The van der Waals surface area contributed by atoms with E-state index < -0.39 is 11.9 Å². The van der Waals surface area contributed by atoms with Crippen LogP contribution in [-0.4, -0.2) is 112 Å². The minimum absolute atomic E-state index is 0.0371. The third kappa shape index (κ3) is 10.7. The number of hydrogen-bond donors (Lipinski definition) is 4. The summed E-state index contributed by atoms with van der Waals surface area (Å²) in [5, 5.41) is 9.15. The number of likely N-dealkylation sites (tertiary alicyclic amines) is 1. The quantitative estimate of drug-likeness (QED) is 0.0853. The predicted molar refractivity (Wildman–Crippen MR) is 252 cm³/mol. The molecule has 1 spiro atoms. The number of hydrogen-bond acceptors (Lipinski definition) is 13. The summed E-state index contributed by atoms with van der Waals surface area (Å²) in [5.41, 5.74) is 10.8. The standard InChI is InChI=1S/C49H59N11O5S/c1-48(50)16-20-58(21-17-48)41-27-53-44(28-52-41)66-37-8-6-7-35(24-37)55-42(61)9-4-2-3-5-19-57-30-49(31-57)18-22-59(32-49)36-11-13-39(51-26-36)45(63)54-25-33-10-12-38-34(23-33)29-60(47(38)65)40-14-15-43(62)56-46(40)64/h6-8,10-13,23-24,26-28,40H,2-5,9,14-22,25,29-32,50H2,1H3,(H,54,63)(H,55,61)(H,56,62,64). The Balaban J connectivity index is 0.635. The highest BCUT2D eigenvalue weighted by atomic mass is 32.2. The number of nitrogens with two attached hydrogens (primary N) is 1. The maximum atomic E-state index is 13.0. The van der Waals surface area contributed by atoms with Gasteiger partial charge in [0.05, 0.1) is 24.3 Å². The molecule has 0 aliphatic carbocycles. The molecule has 5 aliphatic heterocycles. The summed E-state index contributed by atoms with van der Waals surface area (Å²) in [6, 6.07) is 16.4. The van der Waals surface area contributed by atoms with E-state index in [1.165, 1.54) is 16.7 Å². The second kappa shape index (κ2) is 19.5. The lowest BCUT2D eigenvalue weighted by Crippen LogP contribution is -2.57. The van der Waals surface area contributed by atoms with Crippen LogP contribution in [0.15, 0.2) is 83.1 Å². The zero-order valence-corrected chi connectivity index (χ0v) is 38.4. The number of unbranched alkanes of at least 4 members (excludes halogenated alkanes) is 3. The normalized spacial score (nSPS) is 20.0. The van der Waals surface area contributed by atoms with Gasteiger partial charge < -0.3 is 36.0 Å². The molecule has 0 bridgehead atoms. The SMILES string of the molecule is CC1(N)CCN(c2cnc(Sc3cccc(NC(=O)CCCCCCN4CC5(CCN(c6ccc(C(=O)NCc7ccc8c(c7)CN(C7CCC(=O)NC7=O)C8=O)nc6)C5)C4)c3)cn2)CC1. The highest BCUT2D eigenvalue weighted by Gasteiger charge is 2.47. The van der Waals surface area contributed by atoms with Crippen molar-refractivity contribution in [3.63, 3.8) is 0 Å². The molecule has 17 heteroatoms. The van der Waals surface area contributed by atoms with Crippen LogP contribution in [-0.2, 0) is 27.5 Å². The molecule has 2 aromatic heterocycles. The molecule has 7 heterocycles. The number of imide groups is 1. The number of piperidine rings is 2. The number of aromatic nitrogens is 3. The van der Waals surface area contributed by atoms with Crippen molar-refractivity contribution >= 4 is 58.5 Å². The Bertz CT molecular complexity index is 2450. The summed E-state index contributed by atoms with van der Waals surface area (Å²) in [6.07, 6.45) is 13.6. The fourth-order valence-electron chi connectivity index (χ4n) is 9.92. The van der Waals surface area contributed by atoms with E-state index in [2.05, 4.69) is 52.5 Å². The van der Waals surface area contributed by atoms with Crippen LogP contribution in [0.1, 0.15) is 103 Å². The number of nitrogens with one attached hydrogen (secondary N) is 3. The minimum atomic E-state index is -0.667. The molecule has 66 heavy (non-hydrogen) atoms. The van der Waals surface area contributed by atoms with Crippen LogP contribution in [0.25, 0.3) is 0 Å². The molecule has 1 unspecified atom stereocenters. The largest absolute Gasteiger partial charge is 0.370 e. The predicted octanol–water partition coefficient (Wildman–Crippen LogP) is 5.13. The van der Waals surface area contributed by atoms with Gasteiger partial charge in [0.15, 0.2) is 0 Å². The monoisotopic (exact) mass is 913 g/mol. The van der Waals surface area contributed by atoms with Crippen molar-refractivity contribution < 1.29 is 24.0 Å². The van der Waals surface area contributed by atoms with Gasteiger partial charge in [-0.3, -0.25) is 29.3 Å². The van der Waals surface area contributed by atoms with E-state index in [-0.39, 0.29) is 48.7 Å². The number of carbonyl (C=O) groups excluding carboxylic acids is 5. The van der Waals surface area contributed by atoms with E-state index in [1.807, 2.05) is 54.9 Å². The summed E-state index contributed by atoms with van der Waals surface area (Å²) in [6.45, 7) is 9.62. The fraction of sp³-hybridized carbons (Fsp3) is 0.469. The van der Waals surface area contributed by atoms with Crippen molar-refractivity contribution in [2.75, 3.05) is 60.9 Å². The maximum absolute atomic E-state index is 13.0. The van der Waals surface area contributed by atoms with Gasteiger partial charge >= 0.3 is 0 Å². The van der Waals surface area contributed by atoms with Gasteiger partial charge in [-0.05, 0) is 99.5 Å². The number of amides is 5. The van der Waals surface area contributed by atoms with Crippen LogP contribution in [0.4, 0.5) is 17.2 Å². The Morgan fingerprint density at radius 2 is 1.70 bits per heavy atom. The van der Waals surface area contributed by atoms with Crippen LogP contribution in [0.3, 0.4) is 0 Å². The molecule has 346 valence electrons. The highest BCUT2D eigenvalue weighted by Crippen LogP contribution is 2.41. The van der Waals surface area contributed by atoms with Gasteiger partial charge in [0, 0.05) is 92.3 Å². The zero-order chi connectivity index (χ0) is 45.8. The molecule has 9 rings (SSSR count). The van der Waals surface area contributed by atoms with Crippen molar-refractivity contribution in [1.82, 2.24) is 35.4 Å². The minimum Gasteiger partial charge on any atom is -0.370 e. The van der Waals surface area contributed by atoms with Crippen LogP contribution < -0.4 is 31.5 Å². The van der Waals surface area contributed by atoms with E-state index in [9.17, 15) is 24.0 Å². The molecule has 5 aliphatic rings. The lowest BCUT2D eigenvalue weighted by molar-refractivity contribution is -0.137. The molecule has 2 aromatic carbocycles. The third-order valence-corrected chi connectivity index (χ3v) is 14.7. The van der Waals surface area contributed by atoms with Crippen LogP contribution >= 0.6 is 11.8 Å². The first kappa shape index (κ1) is 45.3. The Morgan fingerprint density at radius 1 is 0.879 bits per heavy atom. The highest BCUT2D eigenvalue weighted by molar-refractivity contribution is 7.99. The fourth-order valence-corrected chi connectivity index (χ4v) is 10.7. The number of pyridine rings is 1. The zero-order valence-electron chi connectivity index (χ0n) is 37.6. The first-order valence-electron chi connectivity index (χ1n) is 23.3. The Morgan fingerprint density at radius 3 is 2.47 bits per heavy atom. The Kier molecular flexibility index (Phi) is 13.4. The number of fused-ring (bicyclic) bond motifs is 1. The second-order valence-corrected chi connectivity index (χ2v) is 20.1. The molecule has 4 aromatic rings. The molecule has 16 nitrogen and oxygen atoms in total. The average molecular weight is 914 g/mol. The van der Waals surface area contributed by atoms with E-state index in [0.717, 1.165) is 129 Å². The topological polar surface area (TPSA) is 199 Å². The summed E-state index contributed by atoms with van der Waals surface area (Å²) in [5.74, 6) is -0.342. The summed E-state index contributed by atoms with van der Waals surface area (Å²) < 4.78 is 0. The summed E-state index contributed by atoms with van der Waals surface area (Å²) in [4.78, 5) is 86.3. The van der Waals surface area contributed by atoms with Crippen molar-refractivity contribution in [1.29, 1.82) is 0 Å². The van der Waals surface area contributed by atoms with Gasteiger partial charge in [0.1, 0.15) is 22.6 Å². The molecule has 4 fully saturated rings. The summed E-state index contributed by atoms with van der Waals surface area (Å²) >= 11 is 1.53. The van der Waals surface area contributed by atoms with E-state index >= 15 is 0 Å². The number of anilines is 3. The van der Waals surface area contributed by atoms with Crippen LogP contribution in [0.2, 0.25) is 0 Å². The van der Waals surface area contributed by atoms with Crippen molar-refractivity contribution in [3.8, 4) is 0 Å².